The van der Waals surface area contributed by atoms with Gasteiger partial charge in [-0.25, -0.2) is 4.39 Å². The minimum absolute atomic E-state index is 0.0787. The molecule has 3 nitrogen and oxygen atoms in total. The number of amides is 1. The highest BCUT2D eigenvalue weighted by molar-refractivity contribution is 7.99. The van der Waals surface area contributed by atoms with Crippen molar-refractivity contribution in [3.05, 3.63) is 35.6 Å². The molecule has 2 rings (SSSR count). The van der Waals surface area contributed by atoms with Crippen LogP contribution in [0.3, 0.4) is 0 Å². The van der Waals surface area contributed by atoms with Crippen molar-refractivity contribution in [2.45, 2.75) is 45.4 Å². The number of rotatable bonds is 6. The van der Waals surface area contributed by atoms with Gasteiger partial charge < -0.3 is 4.90 Å². The Morgan fingerprint density at radius 2 is 2.10 bits per heavy atom. The van der Waals surface area contributed by atoms with Crippen molar-refractivity contribution in [2.75, 3.05) is 11.5 Å². The molecule has 1 fully saturated rings. The summed E-state index contributed by atoms with van der Waals surface area (Å²) in [6.07, 6.45) is 0.351. The molecule has 1 amide bonds. The minimum Gasteiger partial charge on any atom is -0.318 e. The summed E-state index contributed by atoms with van der Waals surface area (Å²) in [4.78, 5) is 14.4. The average Bonchev–Trinajstić information content (AvgIpc) is 2.82. The van der Waals surface area contributed by atoms with Crippen LogP contribution >= 0.6 is 11.8 Å². The highest BCUT2D eigenvalue weighted by atomic mass is 32.2. The van der Waals surface area contributed by atoms with Gasteiger partial charge in [-0.3, -0.25) is 10.1 Å². The number of carbonyl (C=O) groups excluding carboxylic acids is 1. The molecule has 5 heteroatoms. The van der Waals surface area contributed by atoms with Gasteiger partial charge in [0, 0.05) is 17.4 Å². The second-order valence-corrected chi connectivity index (χ2v) is 6.62. The largest absolute Gasteiger partial charge is 0.318 e. The van der Waals surface area contributed by atoms with Crippen LogP contribution < -0.4 is 5.32 Å². The normalized spacial score (nSPS) is 23.6. The molecule has 0 bridgehead atoms. The summed E-state index contributed by atoms with van der Waals surface area (Å²) in [6.45, 7) is 6.11. The van der Waals surface area contributed by atoms with Crippen molar-refractivity contribution < 1.29 is 9.18 Å². The van der Waals surface area contributed by atoms with Crippen LogP contribution in [0.1, 0.15) is 38.9 Å². The van der Waals surface area contributed by atoms with E-state index in [-0.39, 0.29) is 30.0 Å². The Balaban J connectivity index is 2.28. The van der Waals surface area contributed by atoms with Gasteiger partial charge in [-0.1, -0.05) is 32.0 Å². The SMILES string of the molecule is CCSCC(C)N1C(=O)C(CC)NC1c1ccccc1F. The van der Waals surface area contributed by atoms with E-state index in [1.807, 2.05) is 24.8 Å². The van der Waals surface area contributed by atoms with E-state index in [0.29, 0.717) is 12.0 Å². The zero-order valence-electron chi connectivity index (χ0n) is 12.8. The monoisotopic (exact) mass is 310 g/mol. The number of nitrogens with zero attached hydrogens (tertiary/aromatic N) is 1. The van der Waals surface area contributed by atoms with E-state index < -0.39 is 0 Å². The molecule has 0 aromatic heterocycles. The molecule has 0 saturated carbocycles. The van der Waals surface area contributed by atoms with E-state index in [4.69, 9.17) is 0 Å². The van der Waals surface area contributed by atoms with Gasteiger partial charge in [0.2, 0.25) is 5.91 Å². The van der Waals surface area contributed by atoms with Crippen molar-refractivity contribution in [3.8, 4) is 0 Å². The molecular formula is C16H23FN2OS. The quantitative estimate of drug-likeness (QED) is 0.876. The van der Waals surface area contributed by atoms with Crippen molar-refractivity contribution in [1.29, 1.82) is 0 Å². The zero-order chi connectivity index (χ0) is 15.4. The van der Waals surface area contributed by atoms with Gasteiger partial charge in [0.15, 0.2) is 0 Å². The average molecular weight is 310 g/mol. The first kappa shape index (κ1) is 16.3. The second-order valence-electron chi connectivity index (χ2n) is 5.31. The zero-order valence-corrected chi connectivity index (χ0v) is 13.6. The van der Waals surface area contributed by atoms with Crippen molar-refractivity contribution in [1.82, 2.24) is 10.2 Å². The predicted octanol–water partition coefficient (Wildman–Crippen LogP) is 3.18. The number of thioether (sulfide) groups is 1. The van der Waals surface area contributed by atoms with E-state index in [1.165, 1.54) is 6.07 Å². The maximum Gasteiger partial charge on any atom is 0.241 e. The second kappa shape index (κ2) is 7.27. The Bertz CT molecular complexity index is 497. The third-order valence-corrected chi connectivity index (χ3v) is 4.96. The molecule has 1 aromatic carbocycles. The van der Waals surface area contributed by atoms with E-state index in [1.54, 1.807) is 23.9 Å². The molecule has 0 spiro atoms. The molecule has 1 N–H and O–H groups in total. The van der Waals surface area contributed by atoms with Crippen LogP contribution in [0.25, 0.3) is 0 Å². The maximum absolute atomic E-state index is 14.1. The lowest BCUT2D eigenvalue weighted by molar-refractivity contribution is -0.131. The van der Waals surface area contributed by atoms with Gasteiger partial charge in [-0.05, 0) is 25.2 Å². The van der Waals surface area contributed by atoms with Gasteiger partial charge in [0.1, 0.15) is 12.0 Å². The van der Waals surface area contributed by atoms with Gasteiger partial charge >= 0.3 is 0 Å². The van der Waals surface area contributed by atoms with Gasteiger partial charge in [0.25, 0.3) is 0 Å². The van der Waals surface area contributed by atoms with E-state index in [9.17, 15) is 9.18 Å². The Morgan fingerprint density at radius 3 is 2.71 bits per heavy atom. The topological polar surface area (TPSA) is 32.3 Å². The summed E-state index contributed by atoms with van der Waals surface area (Å²) < 4.78 is 14.1. The Kier molecular flexibility index (Phi) is 5.65. The highest BCUT2D eigenvalue weighted by Crippen LogP contribution is 2.30. The molecule has 3 unspecified atom stereocenters. The van der Waals surface area contributed by atoms with Gasteiger partial charge in [-0.15, -0.1) is 0 Å². The number of benzene rings is 1. The third-order valence-electron chi connectivity index (χ3n) is 3.84. The van der Waals surface area contributed by atoms with Crippen molar-refractivity contribution >= 4 is 17.7 Å². The van der Waals surface area contributed by atoms with E-state index >= 15 is 0 Å². The first-order valence-corrected chi connectivity index (χ1v) is 8.66. The fraction of sp³-hybridized carbons (Fsp3) is 0.562. The number of halogens is 1. The predicted molar refractivity (Wildman–Crippen MR) is 85.7 cm³/mol. The van der Waals surface area contributed by atoms with Crippen LogP contribution in [0.2, 0.25) is 0 Å². The summed E-state index contributed by atoms with van der Waals surface area (Å²) in [6, 6.07) is 6.55. The number of hydrogen-bond acceptors (Lipinski definition) is 3. The first-order valence-electron chi connectivity index (χ1n) is 7.50. The summed E-state index contributed by atoms with van der Waals surface area (Å²) >= 11 is 1.80. The Morgan fingerprint density at radius 1 is 1.38 bits per heavy atom. The summed E-state index contributed by atoms with van der Waals surface area (Å²) in [5, 5.41) is 3.28. The van der Waals surface area contributed by atoms with Crippen molar-refractivity contribution in [3.63, 3.8) is 0 Å². The Labute approximate surface area is 130 Å². The lowest BCUT2D eigenvalue weighted by Gasteiger charge is -2.30. The first-order chi connectivity index (χ1) is 10.1. The van der Waals surface area contributed by atoms with Crippen LogP contribution in [0.15, 0.2) is 24.3 Å². The van der Waals surface area contributed by atoms with Crippen LogP contribution in [-0.4, -0.2) is 34.4 Å². The number of nitrogens with one attached hydrogen (secondary N) is 1. The Hall–Kier alpha value is -1.07. The highest BCUT2D eigenvalue weighted by Gasteiger charge is 2.41. The summed E-state index contributed by atoms with van der Waals surface area (Å²) in [7, 11) is 0. The van der Waals surface area contributed by atoms with Crippen LogP contribution in [-0.2, 0) is 4.79 Å². The van der Waals surface area contributed by atoms with Crippen LogP contribution in [0.4, 0.5) is 4.39 Å². The fourth-order valence-corrected chi connectivity index (χ4v) is 3.46. The summed E-state index contributed by atoms with van der Waals surface area (Å²) in [5.74, 6) is 1.70. The van der Waals surface area contributed by atoms with Gasteiger partial charge in [0.05, 0.1) is 6.04 Å². The lowest BCUT2D eigenvalue weighted by atomic mass is 10.1. The minimum atomic E-state index is -0.365. The van der Waals surface area contributed by atoms with Gasteiger partial charge in [-0.2, -0.15) is 11.8 Å². The fourth-order valence-electron chi connectivity index (χ4n) is 2.72. The molecule has 1 aromatic rings. The third kappa shape index (κ3) is 3.40. The smallest absolute Gasteiger partial charge is 0.241 e. The molecule has 1 saturated heterocycles. The van der Waals surface area contributed by atoms with Crippen LogP contribution in [0, 0.1) is 5.82 Å². The summed E-state index contributed by atoms with van der Waals surface area (Å²) in [5.41, 5.74) is 0.551. The molecule has 0 aliphatic carbocycles. The maximum atomic E-state index is 14.1. The van der Waals surface area contributed by atoms with Crippen molar-refractivity contribution in [2.24, 2.45) is 0 Å². The molecule has 1 heterocycles. The molecule has 1 aliphatic rings. The molecular weight excluding hydrogens is 287 g/mol. The molecule has 21 heavy (non-hydrogen) atoms. The lowest BCUT2D eigenvalue weighted by Crippen LogP contribution is -2.40. The molecule has 3 atom stereocenters. The van der Waals surface area contributed by atoms with E-state index in [0.717, 1.165) is 11.5 Å². The molecule has 0 radical (unpaired) electrons. The number of hydrogen-bond donors (Lipinski definition) is 1. The molecule has 1 aliphatic heterocycles. The standard InChI is InChI=1S/C16H23FN2OS/c1-4-14-16(20)19(11(3)10-21-5-2)15(18-14)12-8-6-7-9-13(12)17/h6-9,11,14-15,18H,4-5,10H2,1-3H3. The van der Waals surface area contributed by atoms with Crippen LogP contribution in [0.5, 0.6) is 0 Å². The molecule has 116 valence electrons. The number of carbonyl (C=O) groups is 1. The van der Waals surface area contributed by atoms with E-state index in [2.05, 4.69) is 12.2 Å².